The van der Waals surface area contributed by atoms with Crippen LogP contribution in [-0.4, -0.2) is 35.1 Å². The zero-order chi connectivity index (χ0) is 18.9. The molecule has 140 valence electrons. The van der Waals surface area contributed by atoms with E-state index in [9.17, 15) is 14.4 Å². The zero-order valence-corrected chi connectivity index (χ0v) is 16.3. The molecule has 0 aliphatic rings. The fourth-order valence-corrected chi connectivity index (χ4v) is 2.86. The molecule has 0 atom stereocenters. The summed E-state index contributed by atoms with van der Waals surface area (Å²) in [4.78, 5) is 39.6. The number of carbonyl (C=O) groups excluding carboxylic acids is 2. The lowest BCUT2D eigenvalue weighted by Crippen LogP contribution is -2.28. The highest BCUT2D eigenvalue weighted by molar-refractivity contribution is 9.10. The van der Waals surface area contributed by atoms with Gasteiger partial charge in [-0.15, -0.1) is 0 Å². The van der Waals surface area contributed by atoms with Crippen LogP contribution in [0.4, 0.5) is 0 Å². The van der Waals surface area contributed by atoms with Crippen LogP contribution >= 0.6 is 15.9 Å². The Labute approximate surface area is 159 Å². The van der Waals surface area contributed by atoms with Crippen molar-refractivity contribution in [3.8, 4) is 0 Å². The average molecular weight is 424 g/mol. The standard InChI is InChI=1S/C18H22BrN3O4/c1-26-17(24)5-3-2-4-9-20-16(23)8-10-22-12-21-15-7-6-13(19)11-14(15)18(22)25/h6-7,11-12H,2-5,8-10H2,1H3,(H,20,23). The Kier molecular flexibility index (Phi) is 7.77. The van der Waals surface area contributed by atoms with Crippen LogP contribution in [0.2, 0.25) is 0 Å². The number of methoxy groups -OCH3 is 1. The molecular weight excluding hydrogens is 402 g/mol. The number of aryl methyl sites for hydroxylation is 1. The minimum atomic E-state index is -0.212. The number of ether oxygens (including phenoxy) is 1. The molecule has 7 nitrogen and oxygen atoms in total. The first-order valence-corrected chi connectivity index (χ1v) is 9.29. The Balaban J connectivity index is 1.75. The zero-order valence-electron chi connectivity index (χ0n) is 14.7. The van der Waals surface area contributed by atoms with Crippen LogP contribution in [0.5, 0.6) is 0 Å². The van der Waals surface area contributed by atoms with Gasteiger partial charge in [0.25, 0.3) is 5.56 Å². The van der Waals surface area contributed by atoms with E-state index < -0.39 is 0 Å². The van der Waals surface area contributed by atoms with Gasteiger partial charge in [0.15, 0.2) is 0 Å². The number of halogens is 1. The molecule has 2 aromatic rings. The van der Waals surface area contributed by atoms with Gasteiger partial charge in [-0.05, 0) is 31.0 Å². The van der Waals surface area contributed by atoms with Crippen molar-refractivity contribution in [2.75, 3.05) is 13.7 Å². The number of aromatic nitrogens is 2. The van der Waals surface area contributed by atoms with E-state index >= 15 is 0 Å². The molecule has 0 spiro atoms. The molecule has 2 rings (SSSR count). The molecule has 1 heterocycles. The number of unbranched alkanes of at least 4 members (excludes halogenated alkanes) is 2. The summed E-state index contributed by atoms with van der Waals surface area (Å²) in [5.41, 5.74) is 0.470. The van der Waals surface area contributed by atoms with Gasteiger partial charge < -0.3 is 10.1 Å². The SMILES string of the molecule is COC(=O)CCCCCNC(=O)CCn1cnc2ccc(Br)cc2c1=O. The fraction of sp³-hybridized carbons (Fsp3) is 0.444. The summed E-state index contributed by atoms with van der Waals surface area (Å²) in [6.07, 6.45) is 4.48. The Morgan fingerprint density at radius 2 is 2.04 bits per heavy atom. The molecule has 0 radical (unpaired) electrons. The highest BCUT2D eigenvalue weighted by Gasteiger charge is 2.07. The minimum Gasteiger partial charge on any atom is -0.469 e. The Hall–Kier alpha value is -2.22. The smallest absolute Gasteiger partial charge is 0.305 e. The number of amides is 1. The number of benzene rings is 1. The summed E-state index contributed by atoms with van der Waals surface area (Å²) in [6, 6.07) is 5.34. The molecule has 0 unspecified atom stereocenters. The molecule has 1 amide bonds. The van der Waals surface area contributed by atoms with Crippen molar-refractivity contribution < 1.29 is 14.3 Å². The van der Waals surface area contributed by atoms with E-state index in [-0.39, 0.29) is 30.4 Å². The first kappa shape index (κ1) is 20.1. The molecule has 1 N–H and O–H groups in total. The third-order valence-corrected chi connectivity index (χ3v) is 4.47. The normalized spacial score (nSPS) is 10.7. The first-order valence-electron chi connectivity index (χ1n) is 8.49. The van der Waals surface area contributed by atoms with Crippen LogP contribution in [0.3, 0.4) is 0 Å². The second-order valence-corrected chi connectivity index (χ2v) is 6.81. The van der Waals surface area contributed by atoms with Gasteiger partial charge in [0.1, 0.15) is 0 Å². The lowest BCUT2D eigenvalue weighted by Gasteiger charge is -2.08. The number of rotatable bonds is 9. The third-order valence-electron chi connectivity index (χ3n) is 3.97. The van der Waals surface area contributed by atoms with Gasteiger partial charge in [0.05, 0.1) is 24.3 Å². The maximum atomic E-state index is 12.4. The number of nitrogens with zero attached hydrogens (tertiary/aromatic N) is 2. The van der Waals surface area contributed by atoms with E-state index in [1.165, 1.54) is 18.0 Å². The van der Waals surface area contributed by atoms with E-state index in [4.69, 9.17) is 0 Å². The van der Waals surface area contributed by atoms with Crippen LogP contribution in [-0.2, 0) is 20.9 Å². The molecule has 1 aromatic heterocycles. The summed E-state index contributed by atoms with van der Waals surface area (Å²) in [6.45, 7) is 0.834. The number of hydrogen-bond donors (Lipinski definition) is 1. The maximum absolute atomic E-state index is 12.4. The quantitative estimate of drug-likeness (QED) is 0.493. The molecular formula is C18H22BrN3O4. The molecule has 0 fully saturated rings. The summed E-state index contributed by atoms with van der Waals surface area (Å²) < 4.78 is 6.83. The fourth-order valence-electron chi connectivity index (χ4n) is 2.50. The Morgan fingerprint density at radius 1 is 1.23 bits per heavy atom. The summed E-state index contributed by atoms with van der Waals surface area (Å²) >= 11 is 3.35. The monoisotopic (exact) mass is 423 g/mol. The number of esters is 1. The van der Waals surface area contributed by atoms with Gasteiger partial charge in [-0.1, -0.05) is 22.4 Å². The van der Waals surface area contributed by atoms with Crippen molar-refractivity contribution in [2.24, 2.45) is 0 Å². The highest BCUT2D eigenvalue weighted by atomic mass is 79.9. The molecule has 0 saturated carbocycles. The minimum absolute atomic E-state index is 0.112. The van der Waals surface area contributed by atoms with Crippen LogP contribution in [0.1, 0.15) is 32.1 Å². The first-order chi connectivity index (χ1) is 12.5. The van der Waals surface area contributed by atoms with Crippen LogP contribution in [0, 0.1) is 0 Å². The van der Waals surface area contributed by atoms with Gasteiger partial charge in [-0.25, -0.2) is 4.98 Å². The molecule has 0 bridgehead atoms. The Morgan fingerprint density at radius 3 is 2.81 bits per heavy atom. The summed E-state index contributed by atoms with van der Waals surface area (Å²) in [5, 5.41) is 3.34. The van der Waals surface area contributed by atoms with Gasteiger partial charge in [-0.3, -0.25) is 19.0 Å². The predicted octanol–water partition coefficient (Wildman–Crippen LogP) is 2.40. The van der Waals surface area contributed by atoms with Crippen molar-refractivity contribution in [2.45, 2.75) is 38.6 Å². The van der Waals surface area contributed by atoms with Crippen molar-refractivity contribution in [3.05, 3.63) is 39.4 Å². The largest absolute Gasteiger partial charge is 0.469 e. The van der Waals surface area contributed by atoms with Gasteiger partial charge in [0, 0.05) is 30.4 Å². The number of nitrogens with one attached hydrogen (secondary N) is 1. The predicted molar refractivity (Wildman–Crippen MR) is 102 cm³/mol. The van der Waals surface area contributed by atoms with Crippen LogP contribution < -0.4 is 10.9 Å². The van der Waals surface area contributed by atoms with E-state index in [0.29, 0.717) is 23.9 Å². The van der Waals surface area contributed by atoms with Gasteiger partial charge >= 0.3 is 5.97 Å². The van der Waals surface area contributed by atoms with Gasteiger partial charge in [-0.2, -0.15) is 0 Å². The average Bonchev–Trinajstić information content (AvgIpc) is 2.64. The lowest BCUT2D eigenvalue weighted by atomic mass is 10.2. The second-order valence-electron chi connectivity index (χ2n) is 5.89. The molecule has 1 aromatic carbocycles. The molecule has 0 saturated heterocycles. The number of fused-ring (bicyclic) bond motifs is 1. The van der Waals surface area contributed by atoms with E-state index in [2.05, 4.69) is 31.0 Å². The van der Waals surface area contributed by atoms with E-state index in [1.807, 2.05) is 6.07 Å². The van der Waals surface area contributed by atoms with Crippen molar-refractivity contribution in [1.29, 1.82) is 0 Å². The van der Waals surface area contributed by atoms with E-state index in [1.54, 1.807) is 12.1 Å². The van der Waals surface area contributed by atoms with Crippen LogP contribution in [0.15, 0.2) is 33.8 Å². The van der Waals surface area contributed by atoms with Crippen molar-refractivity contribution in [1.82, 2.24) is 14.9 Å². The molecule has 26 heavy (non-hydrogen) atoms. The van der Waals surface area contributed by atoms with Crippen LogP contribution in [0.25, 0.3) is 10.9 Å². The third kappa shape index (κ3) is 5.94. The van der Waals surface area contributed by atoms with Gasteiger partial charge in [0.2, 0.25) is 5.91 Å². The number of carbonyl (C=O) groups is 2. The topological polar surface area (TPSA) is 90.3 Å². The Bertz CT molecular complexity index is 835. The summed E-state index contributed by atoms with van der Waals surface area (Å²) in [5.74, 6) is -0.324. The van der Waals surface area contributed by atoms with Crippen molar-refractivity contribution >= 4 is 38.7 Å². The van der Waals surface area contributed by atoms with Crippen molar-refractivity contribution in [3.63, 3.8) is 0 Å². The second kappa shape index (κ2) is 10.1. The van der Waals surface area contributed by atoms with E-state index in [0.717, 1.165) is 23.7 Å². The molecule has 0 aliphatic heterocycles. The maximum Gasteiger partial charge on any atom is 0.305 e. The highest BCUT2D eigenvalue weighted by Crippen LogP contribution is 2.14. The molecule has 0 aliphatic carbocycles. The molecule has 8 heteroatoms. The summed E-state index contributed by atoms with van der Waals surface area (Å²) in [7, 11) is 1.37. The number of hydrogen-bond acceptors (Lipinski definition) is 5. The lowest BCUT2D eigenvalue weighted by molar-refractivity contribution is -0.140.